The van der Waals surface area contributed by atoms with Crippen LogP contribution in [0.15, 0.2) is 88.4 Å². The Bertz CT molecular complexity index is 1430. The Hall–Kier alpha value is -3.91. The average Bonchev–Trinajstić information content (AvgIpc) is 3.56. The van der Waals surface area contributed by atoms with E-state index in [1.165, 1.54) is 5.56 Å². The summed E-state index contributed by atoms with van der Waals surface area (Å²) in [6, 6.07) is 26.4. The van der Waals surface area contributed by atoms with Crippen LogP contribution in [0.4, 0.5) is 0 Å². The molecule has 0 saturated carbocycles. The lowest BCUT2D eigenvalue weighted by molar-refractivity contribution is 0.415. The van der Waals surface area contributed by atoms with Crippen molar-refractivity contribution in [2.75, 3.05) is 7.11 Å². The van der Waals surface area contributed by atoms with Gasteiger partial charge in [0.2, 0.25) is 11.8 Å². The van der Waals surface area contributed by atoms with Crippen LogP contribution in [0, 0.1) is 6.92 Å². The van der Waals surface area contributed by atoms with Gasteiger partial charge in [0.1, 0.15) is 5.75 Å². The fourth-order valence-electron chi connectivity index (χ4n) is 3.92. The molecule has 7 nitrogen and oxygen atoms in total. The fraction of sp³-hybridized carbons (Fsp3) is 0.214. The van der Waals surface area contributed by atoms with Gasteiger partial charge >= 0.3 is 0 Å². The summed E-state index contributed by atoms with van der Waals surface area (Å²) in [5.74, 6) is 2.69. The number of aromatic nitrogens is 5. The van der Waals surface area contributed by atoms with Crippen LogP contribution in [0.3, 0.4) is 0 Å². The summed E-state index contributed by atoms with van der Waals surface area (Å²) in [6.45, 7) is 4.83. The van der Waals surface area contributed by atoms with E-state index in [0.717, 1.165) is 46.4 Å². The number of benzene rings is 3. The third kappa shape index (κ3) is 5.33. The van der Waals surface area contributed by atoms with Crippen molar-refractivity contribution in [3.05, 3.63) is 95.9 Å². The summed E-state index contributed by atoms with van der Waals surface area (Å²) in [5, 5.41) is 18.4. The molecule has 2 aromatic heterocycles. The molecule has 182 valence electrons. The van der Waals surface area contributed by atoms with Crippen molar-refractivity contribution in [1.82, 2.24) is 25.0 Å². The molecule has 2 heterocycles. The Labute approximate surface area is 214 Å². The standard InChI is InChI=1S/C28H27N5O2S/c1-19-8-7-11-23(18-19)27-31-30-26(35-27)20(2)36-28-32-29-25(22-12-14-24(34-3)15-13-22)33(28)17-16-21-9-5-4-6-10-21/h4-15,18,20H,16-17H2,1-3H3/t20-/m1/s1. The maximum Gasteiger partial charge on any atom is 0.247 e. The molecule has 0 N–H and O–H groups in total. The van der Waals surface area contributed by atoms with Crippen molar-refractivity contribution in [2.24, 2.45) is 0 Å². The lowest BCUT2D eigenvalue weighted by atomic mass is 10.1. The van der Waals surface area contributed by atoms with Gasteiger partial charge in [-0.3, -0.25) is 0 Å². The zero-order chi connectivity index (χ0) is 24.9. The Morgan fingerprint density at radius 1 is 0.889 bits per heavy atom. The van der Waals surface area contributed by atoms with E-state index in [1.807, 2.05) is 68.4 Å². The van der Waals surface area contributed by atoms with Crippen molar-refractivity contribution in [3.63, 3.8) is 0 Å². The van der Waals surface area contributed by atoms with Gasteiger partial charge in [-0.05, 0) is 62.2 Å². The largest absolute Gasteiger partial charge is 0.497 e. The Morgan fingerprint density at radius 2 is 1.69 bits per heavy atom. The monoisotopic (exact) mass is 497 g/mol. The number of ether oxygens (including phenoxy) is 1. The van der Waals surface area contributed by atoms with Gasteiger partial charge in [-0.15, -0.1) is 20.4 Å². The average molecular weight is 498 g/mol. The van der Waals surface area contributed by atoms with Crippen LogP contribution in [0.2, 0.25) is 0 Å². The molecular weight excluding hydrogens is 470 g/mol. The molecule has 36 heavy (non-hydrogen) atoms. The highest BCUT2D eigenvalue weighted by Crippen LogP contribution is 2.36. The highest BCUT2D eigenvalue weighted by Gasteiger charge is 2.22. The summed E-state index contributed by atoms with van der Waals surface area (Å²) >= 11 is 1.56. The molecule has 5 aromatic rings. The molecular formula is C28H27N5O2S. The minimum atomic E-state index is -0.0977. The molecule has 5 rings (SSSR count). The van der Waals surface area contributed by atoms with Crippen molar-refractivity contribution in [1.29, 1.82) is 0 Å². The number of hydrogen-bond donors (Lipinski definition) is 0. The second-order valence-electron chi connectivity index (χ2n) is 8.50. The van der Waals surface area contributed by atoms with Gasteiger partial charge in [-0.25, -0.2) is 0 Å². The van der Waals surface area contributed by atoms with Gasteiger partial charge in [0, 0.05) is 17.7 Å². The van der Waals surface area contributed by atoms with E-state index in [0.29, 0.717) is 11.8 Å². The van der Waals surface area contributed by atoms with Crippen LogP contribution in [-0.2, 0) is 13.0 Å². The van der Waals surface area contributed by atoms with Crippen LogP contribution in [-0.4, -0.2) is 32.1 Å². The zero-order valence-electron chi connectivity index (χ0n) is 20.5. The highest BCUT2D eigenvalue weighted by atomic mass is 32.2. The first-order valence-electron chi connectivity index (χ1n) is 11.8. The number of methoxy groups -OCH3 is 1. The van der Waals surface area contributed by atoms with E-state index in [9.17, 15) is 0 Å². The van der Waals surface area contributed by atoms with Crippen molar-refractivity contribution in [2.45, 2.75) is 37.2 Å². The quantitative estimate of drug-likeness (QED) is 0.218. The summed E-state index contributed by atoms with van der Waals surface area (Å²) < 4.78 is 13.5. The van der Waals surface area contributed by atoms with E-state index in [1.54, 1.807) is 18.9 Å². The molecule has 0 spiro atoms. The molecule has 0 bridgehead atoms. The number of nitrogens with zero attached hydrogens (tertiary/aromatic N) is 5. The smallest absolute Gasteiger partial charge is 0.247 e. The molecule has 0 fully saturated rings. The summed E-state index contributed by atoms with van der Waals surface area (Å²) in [4.78, 5) is 0. The number of rotatable bonds is 9. The van der Waals surface area contributed by atoms with Crippen molar-refractivity contribution in [3.8, 4) is 28.6 Å². The number of hydrogen-bond acceptors (Lipinski definition) is 7. The highest BCUT2D eigenvalue weighted by molar-refractivity contribution is 7.99. The first-order valence-corrected chi connectivity index (χ1v) is 12.7. The summed E-state index contributed by atoms with van der Waals surface area (Å²) in [7, 11) is 1.66. The second kappa shape index (κ2) is 10.8. The molecule has 0 aliphatic rings. The van der Waals surface area contributed by atoms with Gasteiger partial charge in [0.25, 0.3) is 0 Å². The predicted octanol–water partition coefficient (Wildman–Crippen LogP) is 6.41. The first kappa shape index (κ1) is 23.8. The Morgan fingerprint density at radius 3 is 2.44 bits per heavy atom. The summed E-state index contributed by atoms with van der Waals surface area (Å²) in [5.41, 5.74) is 4.30. The second-order valence-corrected chi connectivity index (χ2v) is 9.80. The van der Waals surface area contributed by atoms with Crippen molar-refractivity contribution >= 4 is 11.8 Å². The lowest BCUT2D eigenvalue weighted by Gasteiger charge is -2.12. The van der Waals surface area contributed by atoms with Gasteiger partial charge in [-0.1, -0.05) is 59.8 Å². The van der Waals surface area contributed by atoms with E-state index in [2.05, 4.69) is 49.2 Å². The zero-order valence-corrected chi connectivity index (χ0v) is 21.3. The van der Waals surface area contributed by atoms with Crippen LogP contribution in [0.5, 0.6) is 5.75 Å². The van der Waals surface area contributed by atoms with E-state index in [4.69, 9.17) is 9.15 Å². The first-order chi connectivity index (χ1) is 17.6. The van der Waals surface area contributed by atoms with Gasteiger partial charge in [-0.2, -0.15) is 0 Å². The minimum Gasteiger partial charge on any atom is -0.497 e. The maximum absolute atomic E-state index is 6.03. The predicted molar refractivity (Wildman–Crippen MR) is 141 cm³/mol. The maximum atomic E-state index is 6.03. The molecule has 0 amide bonds. The normalized spacial score (nSPS) is 12.0. The third-order valence-electron chi connectivity index (χ3n) is 5.87. The lowest BCUT2D eigenvalue weighted by Crippen LogP contribution is -2.06. The molecule has 0 aliphatic heterocycles. The minimum absolute atomic E-state index is 0.0977. The number of aryl methyl sites for hydroxylation is 2. The van der Waals surface area contributed by atoms with E-state index < -0.39 is 0 Å². The van der Waals surface area contributed by atoms with Crippen molar-refractivity contribution < 1.29 is 9.15 Å². The summed E-state index contributed by atoms with van der Waals surface area (Å²) in [6.07, 6.45) is 0.863. The molecule has 0 saturated heterocycles. The van der Waals surface area contributed by atoms with Crippen LogP contribution >= 0.6 is 11.8 Å². The molecule has 0 radical (unpaired) electrons. The van der Waals surface area contributed by atoms with Gasteiger partial charge < -0.3 is 13.7 Å². The van der Waals surface area contributed by atoms with Crippen LogP contribution in [0.25, 0.3) is 22.8 Å². The fourth-order valence-corrected chi connectivity index (χ4v) is 4.82. The third-order valence-corrected chi connectivity index (χ3v) is 6.94. The molecule has 0 aliphatic carbocycles. The number of thioether (sulfide) groups is 1. The topological polar surface area (TPSA) is 78.9 Å². The molecule has 8 heteroatoms. The SMILES string of the molecule is COc1ccc(-c2nnc(S[C@H](C)c3nnc(-c4cccc(C)c4)o3)n2CCc2ccccc2)cc1. The molecule has 1 atom stereocenters. The van der Waals surface area contributed by atoms with Crippen LogP contribution < -0.4 is 4.74 Å². The Balaban J connectivity index is 1.41. The Kier molecular flexibility index (Phi) is 7.13. The van der Waals surface area contributed by atoms with E-state index >= 15 is 0 Å². The van der Waals surface area contributed by atoms with Gasteiger partial charge in [0.05, 0.1) is 12.4 Å². The molecule has 3 aromatic carbocycles. The van der Waals surface area contributed by atoms with Gasteiger partial charge in [0.15, 0.2) is 11.0 Å². The van der Waals surface area contributed by atoms with E-state index in [-0.39, 0.29) is 5.25 Å². The van der Waals surface area contributed by atoms with Crippen LogP contribution in [0.1, 0.15) is 29.2 Å². The molecule has 0 unspecified atom stereocenters.